The van der Waals surface area contributed by atoms with Crippen molar-refractivity contribution < 1.29 is 14.1 Å². The fourth-order valence-electron chi connectivity index (χ4n) is 2.79. The van der Waals surface area contributed by atoms with Gasteiger partial charge in [0.05, 0.1) is 0 Å². The van der Waals surface area contributed by atoms with E-state index in [-0.39, 0.29) is 11.9 Å². The molecule has 2 aromatic rings. The number of carbonyl (C=O) groups is 1. The van der Waals surface area contributed by atoms with Crippen LogP contribution in [0.2, 0.25) is 0 Å². The molecule has 1 aromatic carbocycles. The Hall–Kier alpha value is -2.41. The highest BCUT2D eigenvalue weighted by Crippen LogP contribution is 2.26. The number of hydrogen-bond acceptors (Lipinski definition) is 5. The van der Waals surface area contributed by atoms with Crippen LogP contribution >= 0.6 is 0 Å². The first-order valence-corrected chi connectivity index (χ1v) is 8.01. The standard InChI is InChI=1S/C17H22N4O3/c1-11-4-5-14(8-12(11)2)18-17(22)21-7-6-13(9-21)16-19-15(10-23-3)24-20-16/h4-5,8,13H,6-7,9-10H2,1-3H3,(H,18,22). The van der Waals surface area contributed by atoms with Crippen molar-refractivity contribution in [1.29, 1.82) is 0 Å². The van der Waals surface area contributed by atoms with Crippen molar-refractivity contribution in [3.63, 3.8) is 0 Å². The van der Waals surface area contributed by atoms with Crippen LogP contribution in [0.4, 0.5) is 10.5 Å². The highest BCUT2D eigenvalue weighted by Gasteiger charge is 2.30. The highest BCUT2D eigenvalue weighted by molar-refractivity contribution is 5.89. The predicted octanol–water partition coefficient (Wildman–Crippen LogP) is 2.85. The lowest BCUT2D eigenvalue weighted by Crippen LogP contribution is -2.32. The quantitative estimate of drug-likeness (QED) is 0.932. The second-order valence-corrected chi connectivity index (χ2v) is 6.14. The third-order valence-corrected chi connectivity index (χ3v) is 4.35. The first-order chi connectivity index (χ1) is 11.6. The van der Waals surface area contributed by atoms with Gasteiger partial charge >= 0.3 is 6.03 Å². The molecule has 1 aliphatic rings. The van der Waals surface area contributed by atoms with Crippen LogP contribution in [-0.4, -0.2) is 41.3 Å². The largest absolute Gasteiger partial charge is 0.375 e. The number of carbonyl (C=O) groups excluding carboxylic acids is 1. The van der Waals surface area contributed by atoms with E-state index < -0.39 is 0 Å². The SMILES string of the molecule is COCc1nc(C2CCN(C(=O)Nc3ccc(C)c(C)c3)C2)no1. The zero-order valence-electron chi connectivity index (χ0n) is 14.2. The van der Waals surface area contributed by atoms with Crippen molar-refractivity contribution in [2.75, 3.05) is 25.5 Å². The summed E-state index contributed by atoms with van der Waals surface area (Å²) in [5.74, 6) is 1.21. The summed E-state index contributed by atoms with van der Waals surface area (Å²) in [4.78, 5) is 18.5. The molecular formula is C17H22N4O3. The van der Waals surface area contributed by atoms with Gasteiger partial charge in [0, 0.05) is 31.8 Å². The van der Waals surface area contributed by atoms with Crippen molar-refractivity contribution in [2.45, 2.75) is 32.8 Å². The summed E-state index contributed by atoms with van der Waals surface area (Å²) in [6, 6.07) is 5.82. The van der Waals surface area contributed by atoms with Gasteiger partial charge in [0.1, 0.15) is 6.61 Å². The Labute approximate surface area is 141 Å². The number of amides is 2. The summed E-state index contributed by atoms with van der Waals surface area (Å²) in [5, 5.41) is 6.94. The first-order valence-electron chi connectivity index (χ1n) is 8.01. The van der Waals surface area contributed by atoms with Crippen molar-refractivity contribution in [3.05, 3.63) is 41.0 Å². The molecule has 128 valence electrons. The van der Waals surface area contributed by atoms with Crippen LogP contribution in [0.3, 0.4) is 0 Å². The summed E-state index contributed by atoms with van der Waals surface area (Å²) in [7, 11) is 1.58. The Morgan fingerprint density at radius 1 is 1.42 bits per heavy atom. The topological polar surface area (TPSA) is 80.5 Å². The number of benzene rings is 1. The van der Waals surface area contributed by atoms with Gasteiger partial charge in [-0.15, -0.1) is 0 Å². The minimum Gasteiger partial charge on any atom is -0.375 e. The number of nitrogens with zero attached hydrogens (tertiary/aromatic N) is 3. The zero-order chi connectivity index (χ0) is 17.1. The fraction of sp³-hybridized carbons (Fsp3) is 0.471. The normalized spacial score (nSPS) is 17.3. The Balaban J connectivity index is 1.59. The van der Waals surface area contributed by atoms with Crippen molar-refractivity contribution in [3.8, 4) is 0 Å². The number of anilines is 1. The number of urea groups is 1. The molecule has 0 aliphatic carbocycles. The molecule has 0 spiro atoms. The minimum absolute atomic E-state index is 0.0960. The maximum absolute atomic E-state index is 12.4. The van der Waals surface area contributed by atoms with Gasteiger partial charge in [0.25, 0.3) is 5.89 Å². The number of methoxy groups -OCH3 is 1. The van der Waals surface area contributed by atoms with Crippen LogP contribution in [0.25, 0.3) is 0 Å². The maximum Gasteiger partial charge on any atom is 0.321 e. The average molecular weight is 330 g/mol. The molecule has 0 bridgehead atoms. The van der Waals surface area contributed by atoms with Crippen LogP contribution < -0.4 is 5.32 Å². The summed E-state index contributed by atoms with van der Waals surface area (Å²) in [5.41, 5.74) is 3.18. The smallest absolute Gasteiger partial charge is 0.321 e. The van der Waals surface area contributed by atoms with E-state index in [0.717, 1.165) is 17.7 Å². The van der Waals surface area contributed by atoms with E-state index in [1.54, 1.807) is 12.0 Å². The fourth-order valence-corrected chi connectivity index (χ4v) is 2.79. The van der Waals surface area contributed by atoms with Crippen molar-refractivity contribution in [2.24, 2.45) is 0 Å². The third kappa shape index (κ3) is 3.56. The molecule has 7 heteroatoms. The van der Waals surface area contributed by atoms with Gasteiger partial charge in [-0.2, -0.15) is 4.98 Å². The molecule has 2 heterocycles. The van der Waals surface area contributed by atoms with E-state index in [9.17, 15) is 4.79 Å². The second kappa shape index (κ2) is 7.00. The van der Waals surface area contributed by atoms with Crippen molar-refractivity contribution >= 4 is 11.7 Å². The Morgan fingerprint density at radius 2 is 2.25 bits per heavy atom. The van der Waals surface area contributed by atoms with Gasteiger partial charge in [-0.25, -0.2) is 4.79 Å². The Bertz CT molecular complexity index is 728. The van der Waals surface area contributed by atoms with E-state index in [1.807, 2.05) is 25.1 Å². The lowest BCUT2D eigenvalue weighted by molar-refractivity contribution is 0.151. The van der Waals surface area contributed by atoms with Gasteiger partial charge in [-0.1, -0.05) is 11.2 Å². The molecule has 7 nitrogen and oxygen atoms in total. The monoisotopic (exact) mass is 330 g/mol. The van der Waals surface area contributed by atoms with E-state index >= 15 is 0 Å². The molecule has 24 heavy (non-hydrogen) atoms. The molecule has 2 amide bonds. The number of aryl methyl sites for hydroxylation is 2. The summed E-state index contributed by atoms with van der Waals surface area (Å²) in [6.07, 6.45) is 0.826. The van der Waals surface area contributed by atoms with E-state index in [4.69, 9.17) is 9.26 Å². The summed E-state index contributed by atoms with van der Waals surface area (Å²) in [6.45, 7) is 5.65. The summed E-state index contributed by atoms with van der Waals surface area (Å²) >= 11 is 0. The average Bonchev–Trinajstić information content (AvgIpc) is 3.20. The molecule has 0 saturated carbocycles. The number of rotatable bonds is 4. The lowest BCUT2D eigenvalue weighted by Gasteiger charge is -2.17. The van der Waals surface area contributed by atoms with Crippen LogP contribution in [-0.2, 0) is 11.3 Å². The third-order valence-electron chi connectivity index (χ3n) is 4.35. The van der Waals surface area contributed by atoms with Gasteiger partial charge in [0.2, 0.25) is 0 Å². The highest BCUT2D eigenvalue weighted by atomic mass is 16.5. The number of aromatic nitrogens is 2. The van der Waals surface area contributed by atoms with E-state index in [0.29, 0.717) is 31.4 Å². The maximum atomic E-state index is 12.4. The van der Waals surface area contributed by atoms with Gasteiger partial charge in [-0.3, -0.25) is 0 Å². The van der Waals surface area contributed by atoms with Crippen molar-refractivity contribution in [1.82, 2.24) is 15.0 Å². The molecule has 1 aromatic heterocycles. The number of hydrogen-bond donors (Lipinski definition) is 1. The van der Waals surface area contributed by atoms with Crippen LogP contribution in [0.1, 0.15) is 35.2 Å². The number of nitrogens with one attached hydrogen (secondary N) is 1. The molecule has 0 radical (unpaired) electrons. The molecule has 1 unspecified atom stereocenters. The Kier molecular flexibility index (Phi) is 4.80. The molecule has 3 rings (SSSR count). The molecule has 1 atom stereocenters. The second-order valence-electron chi connectivity index (χ2n) is 6.14. The zero-order valence-corrected chi connectivity index (χ0v) is 14.2. The van der Waals surface area contributed by atoms with Crippen LogP contribution in [0.15, 0.2) is 22.7 Å². The summed E-state index contributed by atoms with van der Waals surface area (Å²) < 4.78 is 10.1. The predicted molar refractivity (Wildman–Crippen MR) is 88.9 cm³/mol. The van der Waals surface area contributed by atoms with E-state index in [1.165, 1.54) is 5.56 Å². The molecule has 1 N–H and O–H groups in total. The van der Waals surface area contributed by atoms with Crippen LogP contribution in [0, 0.1) is 13.8 Å². The molecule has 1 aliphatic heterocycles. The van der Waals surface area contributed by atoms with Gasteiger partial charge in [0.15, 0.2) is 5.82 Å². The number of likely N-dealkylation sites (tertiary alicyclic amines) is 1. The van der Waals surface area contributed by atoms with E-state index in [2.05, 4.69) is 22.4 Å². The minimum atomic E-state index is -0.0960. The molecular weight excluding hydrogens is 308 g/mol. The lowest BCUT2D eigenvalue weighted by atomic mass is 10.1. The van der Waals surface area contributed by atoms with Crippen LogP contribution in [0.5, 0.6) is 0 Å². The molecule has 1 fully saturated rings. The molecule has 1 saturated heterocycles. The first kappa shape index (κ1) is 16.4. The van der Waals surface area contributed by atoms with Gasteiger partial charge in [-0.05, 0) is 43.5 Å². The number of ether oxygens (including phenoxy) is 1. The van der Waals surface area contributed by atoms with Gasteiger partial charge < -0.3 is 19.5 Å². The Morgan fingerprint density at radius 3 is 3.00 bits per heavy atom.